The Morgan fingerprint density at radius 3 is 2.41 bits per heavy atom. The van der Waals surface area contributed by atoms with Crippen molar-refractivity contribution in [2.45, 2.75) is 26.7 Å². The first-order chi connectivity index (χ1) is 13.9. The highest BCUT2D eigenvalue weighted by molar-refractivity contribution is 6.30. The van der Waals surface area contributed by atoms with Crippen molar-refractivity contribution in [3.8, 4) is 11.3 Å². The van der Waals surface area contributed by atoms with Crippen molar-refractivity contribution in [3.63, 3.8) is 0 Å². The van der Waals surface area contributed by atoms with Gasteiger partial charge in [-0.15, -0.1) is 0 Å². The average molecular weight is 412 g/mol. The molecular formula is C22H22ClN3O3. The van der Waals surface area contributed by atoms with Crippen LogP contribution in [0.5, 0.6) is 0 Å². The summed E-state index contributed by atoms with van der Waals surface area (Å²) < 4.78 is 5.68. The fraction of sp³-hybridized carbons (Fsp3) is 0.227. The topological polar surface area (TPSA) is 84.2 Å². The summed E-state index contributed by atoms with van der Waals surface area (Å²) in [4.78, 5) is 28.4. The third kappa shape index (κ3) is 5.68. The molecule has 2 aromatic carbocycles. The average Bonchev–Trinajstić information content (AvgIpc) is 3.17. The van der Waals surface area contributed by atoms with Gasteiger partial charge in [-0.05, 0) is 49.2 Å². The number of nitrogens with zero attached hydrogens (tertiary/aromatic N) is 1. The molecule has 3 rings (SSSR count). The third-order valence-corrected chi connectivity index (χ3v) is 4.69. The number of aryl methyl sites for hydroxylation is 3. The molecule has 1 heterocycles. The molecule has 0 aliphatic rings. The minimum atomic E-state index is -0.267. The van der Waals surface area contributed by atoms with Gasteiger partial charge in [0, 0.05) is 29.1 Å². The van der Waals surface area contributed by atoms with Crippen molar-refractivity contribution >= 4 is 29.1 Å². The molecule has 3 aromatic rings. The molecule has 0 saturated carbocycles. The SMILES string of the molecule is Cc1cccc(C)c1NC(=O)CNC(=O)CCc1ncc(-c2ccc(Cl)cc2)o1. The van der Waals surface area contributed by atoms with Crippen LogP contribution in [0, 0.1) is 13.8 Å². The van der Waals surface area contributed by atoms with Crippen LogP contribution in [0.15, 0.2) is 53.1 Å². The summed E-state index contributed by atoms with van der Waals surface area (Å²) in [5.74, 6) is 0.569. The van der Waals surface area contributed by atoms with Crippen LogP contribution >= 0.6 is 11.6 Å². The smallest absolute Gasteiger partial charge is 0.243 e. The number of anilines is 1. The molecule has 6 nitrogen and oxygen atoms in total. The van der Waals surface area contributed by atoms with E-state index < -0.39 is 0 Å². The number of nitrogens with one attached hydrogen (secondary N) is 2. The molecule has 2 N–H and O–H groups in total. The van der Waals surface area contributed by atoms with Crippen LogP contribution in [0.25, 0.3) is 11.3 Å². The number of carbonyl (C=O) groups is 2. The number of hydrogen-bond donors (Lipinski definition) is 2. The van der Waals surface area contributed by atoms with Crippen LogP contribution in [0.3, 0.4) is 0 Å². The van der Waals surface area contributed by atoms with Gasteiger partial charge in [0.15, 0.2) is 11.7 Å². The predicted octanol–water partition coefficient (Wildman–Crippen LogP) is 4.30. The summed E-state index contributed by atoms with van der Waals surface area (Å²) in [6.45, 7) is 3.76. The first kappa shape index (κ1) is 20.6. The Hall–Kier alpha value is -3.12. The highest BCUT2D eigenvalue weighted by atomic mass is 35.5. The molecule has 0 radical (unpaired) electrons. The highest BCUT2D eigenvalue weighted by Gasteiger charge is 2.11. The van der Waals surface area contributed by atoms with E-state index in [0.29, 0.717) is 23.1 Å². The lowest BCUT2D eigenvalue weighted by atomic mass is 10.1. The van der Waals surface area contributed by atoms with Crippen molar-refractivity contribution in [3.05, 3.63) is 70.7 Å². The molecule has 0 saturated heterocycles. The monoisotopic (exact) mass is 411 g/mol. The van der Waals surface area contributed by atoms with Crippen LogP contribution in [-0.4, -0.2) is 23.3 Å². The van der Waals surface area contributed by atoms with E-state index in [1.807, 2.05) is 44.2 Å². The van der Waals surface area contributed by atoms with Crippen molar-refractivity contribution in [2.24, 2.45) is 0 Å². The second-order valence-corrected chi connectivity index (χ2v) is 7.15. The van der Waals surface area contributed by atoms with E-state index in [1.165, 1.54) is 0 Å². The van der Waals surface area contributed by atoms with Gasteiger partial charge in [0.05, 0.1) is 12.7 Å². The van der Waals surface area contributed by atoms with E-state index in [-0.39, 0.29) is 24.8 Å². The van der Waals surface area contributed by atoms with Gasteiger partial charge in [-0.2, -0.15) is 0 Å². The van der Waals surface area contributed by atoms with Crippen LogP contribution in [-0.2, 0) is 16.0 Å². The van der Waals surface area contributed by atoms with E-state index in [9.17, 15) is 9.59 Å². The Morgan fingerprint density at radius 1 is 1.03 bits per heavy atom. The number of halogens is 1. The minimum absolute atomic E-state index is 0.0891. The number of carbonyl (C=O) groups excluding carboxylic acids is 2. The van der Waals surface area contributed by atoms with Crippen LogP contribution in [0.2, 0.25) is 5.02 Å². The summed E-state index contributed by atoms with van der Waals surface area (Å²) in [5, 5.41) is 6.11. The van der Waals surface area contributed by atoms with Gasteiger partial charge in [0.2, 0.25) is 11.8 Å². The van der Waals surface area contributed by atoms with Crippen molar-refractivity contribution in [2.75, 3.05) is 11.9 Å². The van der Waals surface area contributed by atoms with Gasteiger partial charge in [-0.1, -0.05) is 29.8 Å². The Balaban J connectivity index is 1.45. The first-order valence-corrected chi connectivity index (χ1v) is 9.63. The van der Waals surface area contributed by atoms with Gasteiger partial charge >= 0.3 is 0 Å². The van der Waals surface area contributed by atoms with Crippen molar-refractivity contribution in [1.82, 2.24) is 10.3 Å². The lowest BCUT2D eigenvalue weighted by molar-refractivity contribution is -0.124. The van der Waals surface area contributed by atoms with E-state index in [4.69, 9.17) is 16.0 Å². The molecule has 150 valence electrons. The molecule has 0 atom stereocenters. The molecule has 7 heteroatoms. The second-order valence-electron chi connectivity index (χ2n) is 6.72. The van der Waals surface area contributed by atoms with Crippen molar-refractivity contribution in [1.29, 1.82) is 0 Å². The lowest BCUT2D eigenvalue weighted by Crippen LogP contribution is -2.33. The number of benzene rings is 2. The molecule has 0 aliphatic carbocycles. The summed E-state index contributed by atoms with van der Waals surface area (Å²) in [6, 6.07) is 13.0. The largest absolute Gasteiger partial charge is 0.441 e. The van der Waals surface area contributed by atoms with Gasteiger partial charge < -0.3 is 15.1 Å². The Labute approximate surface area is 174 Å². The quantitative estimate of drug-likeness (QED) is 0.607. The van der Waals surface area contributed by atoms with E-state index in [0.717, 1.165) is 22.4 Å². The van der Waals surface area contributed by atoms with E-state index in [2.05, 4.69) is 15.6 Å². The molecule has 0 unspecified atom stereocenters. The molecular weight excluding hydrogens is 390 g/mol. The zero-order chi connectivity index (χ0) is 20.8. The second kappa shape index (κ2) is 9.39. The molecule has 1 aromatic heterocycles. The fourth-order valence-corrected chi connectivity index (χ4v) is 2.98. The molecule has 2 amide bonds. The van der Waals surface area contributed by atoms with Gasteiger partial charge in [-0.3, -0.25) is 9.59 Å². The lowest BCUT2D eigenvalue weighted by Gasteiger charge is -2.11. The van der Waals surface area contributed by atoms with E-state index >= 15 is 0 Å². The molecule has 0 spiro atoms. The standard InChI is InChI=1S/C22H22ClN3O3/c1-14-4-3-5-15(2)22(14)26-20(28)13-24-19(27)10-11-21-25-12-18(29-21)16-6-8-17(23)9-7-16/h3-9,12H,10-11,13H2,1-2H3,(H,24,27)(H,26,28). The Kier molecular flexibility index (Phi) is 6.67. The van der Waals surface area contributed by atoms with Gasteiger partial charge in [0.25, 0.3) is 0 Å². The fourth-order valence-electron chi connectivity index (χ4n) is 2.86. The summed E-state index contributed by atoms with van der Waals surface area (Å²) >= 11 is 5.88. The maximum atomic E-state index is 12.1. The number of oxazole rings is 1. The zero-order valence-electron chi connectivity index (χ0n) is 16.3. The van der Waals surface area contributed by atoms with Gasteiger partial charge in [0.1, 0.15) is 0 Å². The van der Waals surface area contributed by atoms with Crippen LogP contribution in [0.4, 0.5) is 5.69 Å². The zero-order valence-corrected chi connectivity index (χ0v) is 17.0. The summed E-state index contributed by atoms with van der Waals surface area (Å²) in [6.07, 6.45) is 2.14. The molecule has 0 fully saturated rings. The van der Waals surface area contributed by atoms with Crippen molar-refractivity contribution < 1.29 is 14.0 Å². The normalized spacial score (nSPS) is 10.6. The highest BCUT2D eigenvalue weighted by Crippen LogP contribution is 2.22. The number of amides is 2. The number of hydrogen-bond acceptors (Lipinski definition) is 4. The minimum Gasteiger partial charge on any atom is -0.441 e. The Bertz CT molecular complexity index is 992. The van der Waals surface area contributed by atoms with Gasteiger partial charge in [-0.25, -0.2) is 4.98 Å². The molecule has 29 heavy (non-hydrogen) atoms. The van der Waals surface area contributed by atoms with E-state index in [1.54, 1.807) is 18.3 Å². The third-order valence-electron chi connectivity index (χ3n) is 4.44. The van der Waals surface area contributed by atoms with Crippen LogP contribution in [0.1, 0.15) is 23.4 Å². The van der Waals surface area contributed by atoms with Crippen LogP contribution < -0.4 is 10.6 Å². The first-order valence-electron chi connectivity index (χ1n) is 9.26. The molecule has 0 bridgehead atoms. The number of para-hydroxylation sites is 1. The summed E-state index contributed by atoms with van der Waals surface area (Å²) in [5.41, 5.74) is 3.59. The summed E-state index contributed by atoms with van der Waals surface area (Å²) in [7, 11) is 0. The predicted molar refractivity (Wildman–Crippen MR) is 113 cm³/mol. The number of aromatic nitrogens is 1. The Morgan fingerprint density at radius 2 is 1.72 bits per heavy atom. The number of rotatable bonds is 7. The molecule has 0 aliphatic heterocycles. The maximum absolute atomic E-state index is 12.1. The maximum Gasteiger partial charge on any atom is 0.243 e.